The smallest absolute Gasteiger partial charge is 0.161 e. The molecule has 0 bridgehead atoms. The number of hydrogen-bond acceptors (Lipinski definition) is 2. The topological polar surface area (TPSA) is 29.1 Å². The van der Waals surface area contributed by atoms with Crippen molar-refractivity contribution in [3.05, 3.63) is 47.2 Å². The third kappa shape index (κ3) is 2.17. The minimum absolute atomic E-state index is 0.339. The molecule has 2 atom stereocenters. The van der Waals surface area contributed by atoms with Gasteiger partial charge in [-0.05, 0) is 36.2 Å². The van der Waals surface area contributed by atoms with Crippen molar-refractivity contribution in [1.82, 2.24) is 5.32 Å². The highest BCUT2D eigenvalue weighted by Crippen LogP contribution is 2.68. The van der Waals surface area contributed by atoms with E-state index in [0.717, 1.165) is 30.7 Å². The zero-order chi connectivity index (χ0) is 14.3. The maximum atomic E-state index is 12.1. The summed E-state index contributed by atoms with van der Waals surface area (Å²) in [5.41, 5.74) is 3.85. The van der Waals surface area contributed by atoms with E-state index < -0.39 is 0 Å². The monoisotopic (exact) mass is 269 g/mol. The maximum absolute atomic E-state index is 12.1. The van der Waals surface area contributed by atoms with Gasteiger partial charge in [-0.2, -0.15) is 0 Å². The average molecular weight is 269 g/mol. The third-order valence-corrected chi connectivity index (χ3v) is 5.12. The van der Waals surface area contributed by atoms with Gasteiger partial charge in [0.2, 0.25) is 0 Å². The number of carbonyl (C=O) groups is 1. The molecule has 0 heterocycles. The van der Waals surface area contributed by atoms with Gasteiger partial charge in [0.1, 0.15) is 0 Å². The first kappa shape index (κ1) is 13.4. The molecule has 0 amide bonds. The second kappa shape index (κ2) is 4.76. The number of carbonyl (C=O) groups excluding carboxylic acids is 1. The van der Waals surface area contributed by atoms with Crippen molar-refractivity contribution in [3.8, 4) is 0 Å². The number of fused-ring (bicyclic) bond motifs is 1. The number of Topliss-reactive ketones (excluding diaryl/α,β-unsaturated/α-hetero) is 1. The van der Waals surface area contributed by atoms with Gasteiger partial charge in [0.25, 0.3) is 0 Å². The molecular formula is C18H23NO. The summed E-state index contributed by atoms with van der Waals surface area (Å²) < 4.78 is 0. The van der Waals surface area contributed by atoms with E-state index in [1.165, 1.54) is 5.56 Å². The molecule has 3 rings (SSSR count). The molecule has 0 aromatic heterocycles. The van der Waals surface area contributed by atoms with Crippen LogP contribution in [0.4, 0.5) is 0 Å². The Labute approximate surface area is 121 Å². The van der Waals surface area contributed by atoms with Crippen molar-refractivity contribution in [2.45, 2.75) is 33.6 Å². The highest BCUT2D eigenvalue weighted by Gasteiger charge is 2.65. The lowest BCUT2D eigenvalue weighted by Crippen LogP contribution is -2.20. The molecule has 2 aliphatic carbocycles. The first-order valence-electron chi connectivity index (χ1n) is 7.53. The molecule has 2 saturated carbocycles. The number of benzene rings is 1. The summed E-state index contributed by atoms with van der Waals surface area (Å²) in [7, 11) is 0. The molecule has 0 aliphatic heterocycles. The Hall–Kier alpha value is -1.57. The zero-order valence-electron chi connectivity index (χ0n) is 12.6. The van der Waals surface area contributed by atoms with Crippen LogP contribution in [0.25, 0.3) is 0 Å². The van der Waals surface area contributed by atoms with Crippen LogP contribution in [0.3, 0.4) is 0 Å². The molecule has 0 spiro atoms. The number of ketones is 1. The van der Waals surface area contributed by atoms with E-state index in [2.05, 4.69) is 50.4 Å². The van der Waals surface area contributed by atoms with Gasteiger partial charge < -0.3 is 5.32 Å². The number of rotatable bonds is 4. The fourth-order valence-electron chi connectivity index (χ4n) is 3.76. The molecule has 0 saturated heterocycles. The first-order chi connectivity index (χ1) is 9.51. The van der Waals surface area contributed by atoms with Crippen LogP contribution in [0.5, 0.6) is 0 Å². The summed E-state index contributed by atoms with van der Waals surface area (Å²) in [6.07, 6.45) is 1.75. The third-order valence-electron chi connectivity index (χ3n) is 5.12. The minimum Gasteiger partial charge on any atom is -0.388 e. The minimum atomic E-state index is 0.339. The molecule has 1 aromatic rings. The molecule has 2 nitrogen and oxygen atoms in total. The molecule has 0 unspecified atom stereocenters. The summed E-state index contributed by atoms with van der Waals surface area (Å²) in [6, 6.07) is 10.5. The molecule has 2 heteroatoms. The summed E-state index contributed by atoms with van der Waals surface area (Å²) in [6.45, 7) is 7.53. The van der Waals surface area contributed by atoms with E-state index in [1.54, 1.807) is 0 Å². The number of allylic oxidation sites excluding steroid dienone is 2. The molecule has 1 N–H and O–H groups in total. The molecule has 2 aliphatic rings. The van der Waals surface area contributed by atoms with E-state index >= 15 is 0 Å². The first-order valence-corrected chi connectivity index (χ1v) is 7.53. The predicted octanol–water partition coefficient (Wildman–Crippen LogP) is 3.34. The van der Waals surface area contributed by atoms with Gasteiger partial charge in [0.15, 0.2) is 5.78 Å². The summed E-state index contributed by atoms with van der Waals surface area (Å²) in [4.78, 5) is 12.1. The van der Waals surface area contributed by atoms with Crippen LogP contribution in [0.15, 0.2) is 41.6 Å². The van der Waals surface area contributed by atoms with Crippen molar-refractivity contribution in [1.29, 1.82) is 0 Å². The number of nitrogens with one attached hydrogen (secondary N) is 1. The van der Waals surface area contributed by atoms with E-state index in [4.69, 9.17) is 0 Å². The van der Waals surface area contributed by atoms with Crippen LogP contribution in [-0.2, 0) is 11.2 Å². The fourth-order valence-corrected chi connectivity index (χ4v) is 3.76. The second-order valence-electron chi connectivity index (χ2n) is 6.73. The van der Waals surface area contributed by atoms with Crippen LogP contribution in [-0.4, -0.2) is 12.3 Å². The Morgan fingerprint density at radius 3 is 2.65 bits per heavy atom. The molecular weight excluding hydrogens is 246 g/mol. The lowest BCUT2D eigenvalue weighted by molar-refractivity contribution is -0.115. The van der Waals surface area contributed by atoms with Crippen molar-refractivity contribution < 1.29 is 4.79 Å². The Morgan fingerprint density at radius 2 is 2.00 bits per heavy atom. The van der Waals surface area contributed by atoms with Crippen LogP contribution in [0.1, 0.15) is 32.8 Å². The van der Waals surface area contributed by atoms with Crippen molar-refractivity contribution in [2.75, 3.05) is 6.54 Å². The summed E-state index contributed by atoms with van der Waals surface area (Å²) in [5, 5.41) is 3.46. The average Bonchev–Trinajstić information content (AvgIpc) is 2.79. The Balaban J connectivity index is 1.63. The zero-order valence-corrected chi connectivity index (χ0v) is 12.6. The quantitative estimate of drug-likeness (QED) is 0.849. The van der Waals surface area contributed by atoms with Crippen LogP contribution >= 0.6 is 0 Å². The molecule has 0 radical (unpaired) electrons. The van der Waals surface area contributed by atoms with E-state index in [1.807, 2.05) is 6.07 Å². The van der Waals surface area contributed by atoms with Gasteiger partial charge in [0, 0.05) is 24.2 Å². The highest BCUT2D eigenvalue weighted by molar-refractivity contribution is 6.01. The SMILES string of the molecule is C/C(NCCc1ccccc1)=C1/C(=O)C[C@@H]2[C@H]1C2(C)C. The van der Waals surface area contributed by atoms with E-state index in [-0.39, 0.29) is 0 Å². The Morgan fingerprint density at radius 1 is 1.30 bits per heavy atom. The standard InChI is InChI=1S/C18H23NO/c1-12(19-10-9-13-7-5-4-6-8-13)16-15(20)11-14-17(16)18(14,2)3/h4-8,14,17,19H,9-11H2,1-3H3/b16-12+/t14-,17-/m1/s1. The van der Waals surface area contributed by atoms with Crippen molar-refractivity contribution >= 4 is 5.78 Å². The van der Waals surface area contributed by atoms with Gasteiger partial charge in [-0.15, -0.1) is 0 Å². The summed E-state index contributed by atoms with van der Waals surface area (Å²) >= 11 is 0. The second-order valence-corrected chi connectivity index (χ2v) is 6.73. The van der Waals surface area contributed by atoms with Crippen molar-refractivity contribution in [3.63, 3.8) is 0 Å². The molecule has 2 fully saturated rings. The van der Waals surface area contributed by atoms with E-state index in [9.17, 15) is 4.79 Å². The normalized spacial score (nSPS) is 29.1. The molecule has 20 heavy (non-hydrogen) atoms. The Kier molecular flexibility index (Phi) is 3.19. The fraction of sp³-hybridized carbons (Fsp3) is 0.500. The van der Waals surface area contributed by atoms with Gasteiger partial charge in [-0.3, -0.25) is 4.79 Å². The lowest BCUT2D eigenvalue weighted by atomic mass is 9.95. The highest BCUT2D eigenvalue weighted by atomic mass is 16.1. The van der Waals surface area contributed by atoms with Gasteiger partial charge in [-0.1, -0.05) is 44.2 Å². The van der Waals surface area contributed by atoms with Crippen LogP contribution in [0.2, 0.25) is 0 Å². The summed E-state index contributed by atoms with van der Waals surface area (Å²) in [5.74, 6) is 1.46. The van der Waals surface area contributed by atoms with Crippen molar-refractivity contribution in [2.24, 2.45) is 17.3 Å². The van der Waals surface area contributed by atoms with Crippen LogP contribution in [0, 0.1) is 17.3 Å². The molecule has 1 aromatic carbocycles. The number of hydrogen-bond donors (Lipinski definition) is 1. The maximum Gasteiger partial charge on any atom is 0.161 e. The van der Waals surface area contributed by atoms with Gasteiger partial charge in [0.05, 0.1) is 0 Å². The van der Waals surface area contributed by atoms with Gasteiger partial charge >= 0.3 is 0 Å². The molecule has 106 valence electrons. The largest absolute Gasteiger partial charge is 0.388 e. The predicted molar refractivity (Wildman–Crippen MR) is 81.2 cm³/mol. The van der Waals surface area contributed by atoms with E-state index in [0.29, 0.717) is 23.0 Å². The lowest BCUT2D eigenvalue weighted by Gasteiger charge is -2.14. The van der Waals surface area contributed by atoms with Gasteiger partial charge in [-0.25, -0.2) is 0 Å². The van der Waals surface area contributed by atoms with Crippen LogP contribution < -0.4 is 5.32 Å². The Bertz CT molecular complexity index is 556.